The van der Waals surface area contributed by atoms with Crippen LogP contribution in [-0.4, -0.2) is 41.8 Å². The number of esters is 1. The first-order valence-corrected chi connectivity index (χ1v) is 6.74. The van der Waals surface area contributed by atoms with E-state index in [2.05, 4.69) is 6.58 Å². The Labute approximate surface area is 133 Å². The SMILES string of the molecule is C=C(C(=O)O)C(CCOC)(CC(=O)Oc1ccccc1)C(=O)O. The summed E-state index contributed by atoms with van der Waals surface area (Å²) in [7, 11) is 1.35. The number of hydrogen-bond acceptors (Lipinski definition) is 5. The molecule has 2 N–H and O–H groups in total. The number of ether oxygens (including phenoxy) is 2. The molecule has 0 saturated carbocycles. The van der Waals surface area contributed by atoms with Crippen molar-refractivity contribution in [1.29, 1.82) is 0 Å². The standard InChI is InChI=1S/C16H18O7/c1-11(14(18)19)16(15(20)21,8-9-22-2)10-13(17)23-12-6-4-3-5-7-12/h3-7H,1,8-10H2,2H3,(H,18,19)(H,20,21). The Morgan fingerprint density at radius 1 is 1.17 bits per heavy atom. The van der Waals surface area contributed by atoms with Gasteiger partial charge in [0.25, 0.3) is 0 Å². The highest BCUT2D eigenvalue weighted by molar-refractivity contribution is 5.98. The molecule has 0 bridgehead atoms. The number of carboxylic acid groups (broad SMARTS) is 2. The first-order valence-electron chi connectivity index (χ1n) is 6.74. The van der Waals surface area contributed by atoms with Gasteiger partial charge in [0.05, 0.1) is 6.42 Å². The zero-order valence-electron chi connectivity index (χ0n) is 12.7. The van der Waals surface area contributed by atoms with Gasteiger partial charge >= 0.3 is 17.9 Å². The maximum Gasteiger partial charge on any atom is 0.332 e. The fourth-order valence-corrected chi connectivity index (χ4v) is 2.04. The molecule has 124 valence electrons. The molecule has 23 heavy (non-hydrogen) atoms. The third-order valence-electron chi connectivity index (χ3n) is 3.40. The van der Waals surface area contributed by atoms with E-state index in [1.807, 2.05) is 0 Å². The maximum atomic E-state index is 12.1. The Balaban J connectivity index is 3.03. The molecule has 0 aliphatic heterocycles. The molecule has 1 aromatic carbocycles. The molecule has 7 nitrogen and oxygen atoms in total. The van der Waals surface area contributed by atoms with E-state index in [1.54, 1.807) is 18.2 Å². The summed E-state index contributed by atoms with van der Waals surface area (Å²) in [6, 6.07) is 8.08. The van der Waals surface area contributed by atoms with Crippen LogP contribution in [0.1, 0.15) is 12.8 Å². The van der Waals surface area contributed by atoms with Crippen molar-refractivity contribution in [2.24, 2.45) is 5.41 Å². The Hall–Kier alpha value is -2.67. The lowest BCUT2D eigenvalue weighted by atomic mass is 9.75. The Kier molecular flexibility index (Phi) is 6.47. The number of rotatable bonds is 9. The average Bonchev–Trinajstić information content (AvgIpc) is 2.51. The van der Waals surface area contributed by atoms with Gasteiger partial charge in [0.2, 0.25) is 0 Å². The monoisotopic (exact) mass is 322 g/mol. The van der Waals surface area contributed by atoms with Crippen LogP contribution in [0.15, 0.2) is 42.5 Å². The summed E-state index contributed by atoms with van der Waals surface area (Å²) in [5.74, 6) is -3.58. The Morgan fingerprint density at radius 3 is 2.26 bits per heavy atom. The van der Waals surface area contributed by atoms with Crippen molar-refractivity contribution in [1.82, 2.24) is 0 Å². The summed E-state index contributed by atoms with van der Waals surface area (Å²) in [5.41, 5.74) is -2.58. The van der Waals surface area contributed by atoms with Crippen LogP contribution >= 0.6 is 0 Å². The molecule has 0 spiro atoms. The van der Waals surface area contributed by atoms with Crippen LogP contribution in [0.4, 0.5) is 0 Å². The fraction of sp³-hybridized carbons (Fsp3) is 0.312. The van der Waals surface area contributed by atoms with E-state index in [4.69, 9.17) is 14.6 Å². The second kappa shape index (κ2) is 8.09. The summed E-state index contributed by atoms with van der Waals surface area (Å²) in [5, 5.41) is 18.6. The van der Waals surface area contributed by atoms with Crippen LogP contribution in [0.3, 0.4) is 0 Å². The Bertz CT molecular complexity index is 594. The molecule has 0 aliphatic carbocycles. The van der Waals surface area contributed by atoms with Crippen LogP contribution in [-0.2, 0) is 19.1 Å². The van der Waals surface area contributed by atoms with E-state index < -0.39 is 35.3 Å². The predicted octanol–water partition coefficient (Wildman–Crippen LogP) is 1.73. The first-order chi connectivity index (χ1) is 10.8. The van der Waals surface area contributed by atoms with Crippen molar-refractivity contribution in [3.63, 3.8) is 0 Å². The van der Waals surface area contributed by atoms with Gasteiger partial charge in [-0.3, -0.25) is 9.59 Å². The van der Waals surface area contributed by atoms with E-state index in [1.165, 1.54) is 19.2 Å². The van der Waals surface area contributed by atoms with Gasteiger partial charge in [0.1, 0.15) is 11.2 Å². The summed E-state index contributed by atoms with van der Waals surface area (Å²) in [6.07, 6.45) is -0.875. The number of hydrogen-bond donors (Lipinski definition) is 2. The molecule has 1 aromatic rings. The maximum absolute atomic E-state index is 12.1. The summed E-state index contributed by atoms with van der Waals surface area (Å²) in [4.78, 5) is 34.9. The molecule has 1 unspecified atom stereocenters. The topological polar surface area (TPSA) is 110 Å². The molecule has 0 amide bonds. The second-order valence-corrected chi connectivity index (χ2v) is 4.88. The number of carboxylic acids is 2. The van der Waals surface area contributed by atoms with Crippen molar-refractivity contribution in [3.05, 3.63) is 42.5 Å². The van der Waals surface area contributed by atoms with Crippen molar-refractivity contribution in [2.75, 3.05) is 13.7 Å². The van der Waals surface area contributed by atoms with E-state index in [9.17, 15) is 19.5 Å². The number of aliphatic carboxylic acids is 2. The van der Waals surface area contributed by atoms with E-state index >= 15 is 0 Å². The lowest BCUT2D eigenvalue weighted by Gasteiger charge is -2.28. The van der Waals surface area contributed by atoms with Crippen LogP contribution in [0.5, 0.6) is 5.75 Å². The molecule has 7 heteroatoms. The zero-order valence-corrected chi connectivity index (χ0v) is 12.7. The molecule has 0 aromatic heterocycles. The van der Waals surface area contributed by atoms with Gasteiger partial charge in [0.15, 0.2) is 0 Å². The summed E-state index contributed by atoms with van der Waals surface area (Å²) in [6.45, 7) is 3.27. The highest BCUT2D eigenvalue weighted by atomic mass is 16.5. The van der Waals surface area contributed by atoms with E-state index in [0.717, 1.165) is 0 Å². The van der Waals surface area contributed by atoms with Crippen molar-refractivity contribution in [2.45, 2.75) is 12.8 Å². The highest BCUT2D eigenvalue weighted by Gasteiger charge is 2.46. The van der Waals surface area contributed by atoms with Gasteiger partial charge in [-0.2, -0.15) is 0 Å². The second-order valence-electron chi connectivity index (χ2n) is 4.88. The molecule has 0 heterocycles. The van der Waals surface area contributed by atoms with E-state index in [-0.39, 0.29) is 18.8 Å². The first kappa shape index (κ1) is 18.4. The molecule has 0 aliphatic rings. The average molecular weight is 322 g/mol. The number of methoxy groups -OCH3 is 1. The number of para-hydroxylation sites is 1. The molecule has 0 fully saturated rings. The number of benzene rings is 1. The predicted molar refractivity (Wildman–Crippen MR) is 80.0 cm³/mol. The third kappa shape index (κ3) is 4.65. The van der Waals surface area contributed by atoms with Gasteiger partial charge < -0.3 is 19.7 Å². The van der Waals surface area contributed by atoms with Crippen molar-refractivity contribution in [3.8, 4) is 5.75 Å². The number of carbonyl (C=O) groups is 3. The minimum atomic E-state index is -1.99. The molecular formula is C16H18O7. The summed E-state index contributed by atoms with van der Waals surface area (Å²) >= 11 is 0. The van der Waals surface area contributed by atoms with Gasteiger partial charge in [0, 0.05) is 19.3 Å². The quantitative estimate of drug-likeness (QED) is 0.404. The molecule has 1 atom stereocenters. The molecule has 0 saturated heterocycles. The minimum Gasteiger partial charge on any atom is -0.481 e. The van der Waals surface area contributed by atoms with Crippen LogP contribution < -0.4 is 4.74 Å². The third-order valence-corrected chi connectivity index (χ3v) is 3.40. The molecule has 0 radical (unpaired) electrons. The van der Waals surface area contributed by atoms with Gasteiger partial charge in [-0.1, -0.05) is 24.8 Å². The Morgan fingerprint density at radius 2 is 1.78 bits per heavy atom. The van der Waals surface area contributed by atoms with Crippen molar-refractivity contribution >= 4 is 17.9 Å². The highest BCUT2D eigenvalue weighted by Crippen LogP contribution is 2.36. The lowest BCUT2D eigenvalue weighted by molar-refractivity contribution is -0.155. The van der Waals surface area contributed by atoms with Crippen LogP contribution in [0, 0.1) is 5.41 Å². The minimum absolute atomic E-state index is 0.0444. The number of carbonyl (C=O) groups excluding carboxylic acids is 1. The van der Waals surface area contributed by atoms with Gasteiger partial charge in [-0.25, -0.2) is 4.79 Å². The van der Waals surface area contributed by atoms with Gasteiger partial charge in [-0.05, 0) is 18.6 Å². The summed E-state index contributed by atoms with van der Waals surface area (Å²) < 4.78 is 9.88. The molecular weight excluding hydrogens is 304 g/mol. The fourth-order valence-electron chi connectivity index (χ4n) is 2.04. The van der Waals surface area contributed by atoms with Crippen LogP contribution in [0.25, 0.3) is 0 Å². The zero-order chi connectivity index (χ0) is 17.5. The van der Waals surface area contributed by atoms with Gasteiger partial charge in [-0.15, -0.1) is 0 Å². The van der Waals surface area contributed by atoms with E-state index in [0.29, 0.717) is 0 Å². The molecule has 1 rings (SSSR count). The largest absolute Gasteiger partial charge is 0.481 e. The normalized spacial score (nSPS) is 12.9. The lowest BCUT2D eigenvalue weighted by Crippen LogP contribution is -2.40. The van der Waals surface area contributed by atoms with Crippen LogP contribution in [0.2, 0.25) is 0 Å². The smallest absolute Gasteiger partial charge is 0.332 e. The van der Waals surface area contributed by atoms with Crippen molar-refractivity contribution < 1.29 is 34.1 Å².